The van der Waals surface area contributed by atoms with Crippen LogP contribution in [0.2, 0.25) is 0 Å². The first kappa shape index (κ1) is 18.7. The second-order valence-electron chi connectivity index (χ2n) is 7.17. The molecular formula is C24H23N3O2. The Morgan fingerprint density at radius 2 is 1.34 bits per heavy atom. The molecule has 1 fully saturated rings. The van der Waals surface area contributed by atoms with Crippen LogP contribution in [0.1, 0.15) is 35.9 Å². The number of anilines is 1. The third-order valence-electron chi connectivity index (χ3n) is 5.22. The maximum atomic E-state index is 13.0. The molecule has 1 saturated heterocycles. The Labute approximate surface area is 170 Å². The minimum absolute atomic E-state index is 0.0952. The van der Waals surface area contributed by atoms with Gasteiger partial charge in [-0.15, -0.1) is 0 Å². The molecule has 2 N–H and O–H groups in total. The molecule has 0 aromatic heterocycles. The molecule has 1 aliphatic rings. The van der Waals surface area contributed by atoms with Gasteiger partial charge in [0.15, 0.2) is 0 Å². The molecule has 0 bridgehead atoms. The van der Waals surface area contributed by atoms with Crippen molar-refractivity contribution in [3.63, 3.8) is 0 Å². The summed E-state index contributed by atoms with van der Waals surface area (Å²) in [7, 11) is 0. The number of hydrazine groups is 1. The van der Waals surface area contributed by atoms with Gasteiger partial charge in [-0.2, -0.15) is 0 Å². The molecule has 0 saturated carbocycles. The number of carbonyl (C=O) groups is 2. The molecule has 4 rings (SSSR count). The van der Waals surface area contributed by atoms with E-state index >= 15 is 0 Å². The highest BCUT2D eigenvalue weighted by molar-refractivity contribution is 5.91. The molecule has 2 atom stereocenters. The molecule has 3 aromatic rings. The summed E-state index contributed by atoms with van der Waals surface area (Å²) in [6.07, 6.45) is 1.10. The van der Waals surface area contributed by atoms with Gasteiger partial charge in [0.2, 0.25) is 5.91 Å². The first-order chi connectivity index (χ1) is 14.2. The van der Waals surface area contributed by atoms with Gasteiger partial charge in [0.05, 0.1) is 6.04 Å². The van der Waals surface area contributed by atoms with Crippen molar-refractivity contribution < 1.29 is 9.59 Å². The van der Waals surface area contributed by atoms with Crippen LogP contribution in [0.15, 0.2) is 91.0 Å². The average molecular weight is 385 g/mol. The molecule has 146 valence electrons. The molecule has 2 unspecified atom stereocenters. The summed E-state index contributed by atoms with van der Waals surface area (Å²) in [5, 5.41) is 4.26. The van der Waals surface area contributed by atoms with Gasteiger partial charge in [-0.3, -0.25) is 4.79 Å². The lowest BCUT2D eigenvalue weighted by Gasteiger charge is -2.39. The van der Waals surface area contributed by atoms with Crippen molar-refractivity contribution in [3.8, 4) is 0 Å². The molecular weight excluding hydrogens is 362 g/mol. The number of benzene rings is 3. The van der Waals surface area contributed by atoms with E-state index in [9.17, 15) is 9.59 Å². The van der Waals surface area contributed by atoms with Crippen LogP contribution in [-0.4, -0.2) is 16.9 Å². The lowest BCUT2D eigenvalue weighted by molar-refractivity contribution is -0.140. The smallest absolute Gasteiger partial charge is 0.307 e. The first-order valence-electron chi connectivity index (χ1n) is 9.75. The minimum Gasteiger partial charge on any atom is -0.307 e. The Balaban J connectivity index is 1.56. The van der Waals surface area contributed by atoms with E-state index < -0.39 is 6.03 Å². The van der Waals surface area contributed by atoms with Crippen LogP contribution in [0, 0.1) is 0 Å². The zero-order chi connectivity index (χ0) is 20.1. The van der Waals surface area contributed by atoms with Crippen molar-refractivity contribution in [3.05, 3.63) is 102 Å². The highest BCUT2D eigenvalue weighted by atomic mass is 16.2. The van der Waals surface area contributed by atoms with E-state index in [1.54, 1.807) is 12.1 Å². The number of carbonyl (C=O) groups excluding carboxylic acids is 2. The van der Waals surface area contributed by atoms with Crippen LogP contribution in [0.4, 0.5) is 10.5 Å². The minimum atomic E-state index is -0.427. The lowest BCUT2D eigenvalue weighted by atomic mass is 9.83. The molecule has 29 heavy (non-hydrogen) atoms. The van der Waals surface area contributed by atoms with Crippen LogP contribution in [0.5, 0.6) is 0 Å². The highest BCUT2D eigenvalue weighted by Crippen LogP contribution is 2.39. The zero-order valence-corrected chi connectivity index (χ0v) is 16.0. The fourth-order valence-corrected chi connectivity index (χ4v) is 3.81. The fraction of sp³-hybridized carbons (Fsp3) is 0.167. The van der Waals surface area contributed by atoms with E-state index in [-0.39, 0.29) is 17.9 Å². The summed E-state index contributed by atoms with van der Waals surface area (Å²) >= 11 is 0. The standard InChI is InChI=1S/C24H23N3O2/c28-23-17-20(18-10-4-1-5-11-18)16-22(19-12-6-2-7-13-19)27(23)26-24(29)25-21-14-8-3-9-15-21/h1-15,20,22H,16-17H2,(H2,25,26,29). The van der Waals surface area contributed by atoms with E-state index in [4.69, 9.17) is 0 Å². The third-order valence-corrected chi connectivity index (χ3v) is 5.22. The second-order valence-corrected chi connectivity index (χ2v) is 7.17. The summed E-state index contributed by atoms with van der Waals surface area (Å²) in [6, 6.07) is 28.5. The van der Waals surface area contributed by atoms with Crippen LogP contribution in [0.25, 0.3) is 0 Å². The molecule has 3 aromatic carbocycles. The summed E-state index contributed by atoms with van der Waals surface area (Å²) in [4.78, 5) is 25.6. The number of nitrogens with zero attached hydrogens (tertiary/aromatic N) is 1. The number of hydrogen-bond acceptors (Lipinski definition) is 2. The van der Waals surface area contributed by atoms with Crippen LogP contribution < -0.4 is 10.7 Å². The quantitative estimate of drug-likeness (QED) is 0.673. The Morgan fingerprint density at radius 1 is 0.793 bits per heavy atom. The average Bonchev–Trinajstić information content (AvgIpc) is 2.77. The van der Waals surface area contributed by atoms with Crippen molar-refractivity contribution in [2.75, 3.05) is 5.32 Å². The van der Waals surface area contributed by atoms with Crippen LogP contribution in [-0.2, 0) is 4.79 Å². The molecule has 3 amide bonds. The third kappa shape index (κ3) is 4.46. The first-order valence-corrected chi connectivity index (χ1v) is 9.75. The van der Waals surface area contributed by atoms with E-state index in [0.717, 1.165) is 17.5 Å². The van der Waals surface area contributed by atoms with E-state index in [0.29, 0.717) is 12.1 Å². The van der Waals surface area contributed by atoms with Gasteiger partial charge in [0, 0.05) is 12.1 Å². The maximum absolute atomic E-state index is 13.0. The Kier molecular flexibility index (Phi) is 5.56. The van der Waals surface area contributed by atoms with Crippen molar-refractivity contribution in [1.82, 2.24) is 10.4 Å². The number of urea groups is 1. The number of piperidine rings is 1. The number of amides is 3. The molecule has 0 radical (unpaired) electrons. The molecule has 1 aliphatic heterocycles. The molecule has 1 heterocycles. The second kappa shape index (κ2) is 8.61. The molecule has 5 heteroatoms. The van der Waals surface area contributed by atoms with E-state index in [1.807, 2.05) is 66.7 Å². The monoisotopic (exact) mass is 385 g/mol. The van der Waals surface area contributed by atoms with Gasteiger partial charge in [0.25, 0.3) is 0 Å². The Hall–Kier alpha value is -3.60. The number of hydrogen-bond donors (Lipinski definition) is 2. The largest absolute Gasteiger partial charge is 0.338 e. The van der Waals surface area contributed by atoms with Gasteiger partial charge >= 0.3 is 6.03 Å². The normalized spacial score (nSPS) is 18.9. The predicted molar refractivity (Wildman–Crippen MR) is 113 cm³/mol. The van der Waals surface area contributed by atoms with Gasteiger partial charge < -0.3 is 5.32 Å². The van der Waals surface area contributed by atoms with Gasteiger partial charge in [-0.1, -0.05) is 78.9 Å². The number of para-hydroxylation sites is 1. The van der Waals surface area contributed by atoms with E-state index in [1.165, 1.54) is 5.01 Å². The van der Waals surface area contributed by atoms with Crippen LogP contribution >= 0.6 is 0 Å². The summed E-state index contributed by atoms with van der Waals surface area (Å²) in [6.45, 7) is 0. The highest BCUT2D eigenvalue weighted by Gasteiger charge is 2.36. The molecule has 5 nitrogen and oxygen atoms in total. The zero-order valence-electron chi connectivity index (χ0n) is 16.0. The Morgan fingerprint density at radius 3 is 1.97 bits per heavy atom. The summed E-state index contributed by atoms with van der Waals surface area (Å²) in [5.41, 5.74) is 5.60. The molecule has 0 spiro atoms. The SMILES string of the molecule is O=C(Nc1ccccc1)NN1C(=O)CC(c2ccccc2)CC1c1ccccc1. The maximum Gasteiger partial charge on any atom is 0.338 e. The van der Waals surface area contributed by atoms with Crippen molar-refractivity contribution in [2.45, 2.75) is 24.8 Å². The van der Waals surface area contributed by atoms with Crippen molar-refractivity contribution in [1.29, 1.82) is 0 Å². The predicted octanol–water partition coefficient (Wildman–Crippen LogP) is 4.87. The van der Waals surface area contributed by atoms with Gasteiger partial charge in [0.1, 0.15) is 0 Å². The Bertz CT molecular complexity index is 961. The van der Waals surface area contributed by atoms with Crippen LogP contribution in [0.3, 0.4) is 0 Å². The topological polar surface area (TPSA) is 61.4 Å². The van der Waals surface area contributed by atoms with Crippen molar-refractivity contribution in [2.24, 2.45) is 0 Å². The van der Waals surface area contributed by atoms with Gasteiger partial charge in [-0.05, 0) is 35.6 Å². The summed E-state index contributed by atoms with van der Waals surface area (Å²) < 4.78 is 0. The van der Waals surface area contributed by atoms with Gasteiger partial charge in [-0.25, -0.2) is 15.2 Å². The summed E-state index contributed by atoms with van der Waals surface area (Å²) in [5.74, 6) is 0.0197. The molecule has 0 aliphatic carbocycles. The number of rotatable bonds is 4. The van der Waals surface area contributed by atoms with E-state index in [2.05, 4.69) is 22.9 Å². The van der Waals surface area contributed by atoms with Crippen molar-refractivity contribution >= 4 is 17.6 Å². The number of nitrogens with one attached hydrogen (secondary N) is 2. The lowest BCUT2D eigenvalue weighted by Crippen LogP contribution is -2.52. The fourth-order valence-electron chi connectivity index (χ4n) is 3.81.